The van der Waals surface area contributed by atoms with Crippen molar-refractivity contribution in [3.8, 4) is 5.88 Å². The zero-order valence-corrected chi connectivity index (χ0v) is 9.21. The van der Waals surface area contributed by atoms with Gasteiger partial charge in [-0.25, -0.2) is 0 Å². The van der Waals surface area contributed by atoms with Crippen molar-refractivity contribution < 1.29 is 4.74 Å². The van der Waals surface area contributed by atoms with Gasteiger partial charge in [-0.15, -0.1) is 11.6 Å². The molecule has 0 spiro atoms. The maximum atomic E-state index is 5.81. The first-order valence-corrected chi connectivity index (χ1v) is 5.13. The third-order valence-electron chi connectivity index (χ3n) is 1.58. The molecule has 0 radical (unpaired) electrons. The van der Waals surface area contributed by atoms with Crippen molar-refractivity contribution in [2.24, 2.45) is 0 Å². The summed E-state index contributed by atoms with van der Waals surface area (Å²) in [5, 5.41) is 3.21. The number of alkyl halides is 1. The molecule has 1 unspecified atom stereocenters. The van der Waals surface area contributed by atoms with Gasteiger partial charge in [-0.3, -0.25) is 0 Å². The molecule has 14 heavy (non-hydrogen) atoms. The average Bonchev–Trinajstić information content (AvgIpc) is 2.16. The Bertz CT molecular complexity index is 279. The Hall–Kier alpha value is -0.960. The maximum absolute atomic E-state index is 5.81. The number of aromatic nitrogens is 1. The lowest BCUT2D eigenvalue weighted by Crippen LogP contribution is -2.11. The molecule has 1 heterocycles. The fourth-order valence-corrected chi connectivity index (χ4v) is 1.06. The van der Waals surface area contributed by atoms with Gasteiger partial charge in [0.1, 0.15) is 5.82 Å². The summed E-state index contributed by atoms with van der Waals surface area (Å²) in [5.74, 6) is 1.43. The number of ether oxygens (including phenoxy) is 1. The summed E-state index contributed by atoms with van der Waals surface area (Å²) in [6, 6.07) is 5.62. The van der Waals surface area contributed by atoms with Gasteiger partial charge in [-0.2, -0.15) is 4.98 Å². The molecule has 0 aliphatic heterocycles. The minimum Gasteiger partial charge on any atom is -0.478 e. The molecule has 0 aliphatic carbocycles. The number of rotatable bonds is 5. The van der Waals surface area contributed by atoms with Gasteiger partial charge in [0.15, 0.2) is 0 Å². The smallest absolute Gasteiger partial charge is 0.215 e. The van der Waals surface area contributed by atoms with Crippen molar-refractivity contribution in [2.45, 2.75) is 19.2 Å². The van der Waals surface area contributed by atoms with Crippen LogP contribution < -0.4 is 10.1 Å². The van der Waals surface area contributed by atoms with Crippen LogP contribution in [0.1, 0.15) is 13.8 Å². The van der Waals surface area contributed by atoms with Crippen LogP contribution >= 0.6 is 11.6 Å². The minimum atomic E-state index is 0.0903. The topological polar surface area (TPSA) is 34.1 Å². The lowest BCUT2D eigenvalue weighted by Gasteiger charge is -2.08. The zero-order valence-electron chi connectivity index (χ0n) is 8.46. The van der Waals surface area contributed by atoms with Crippen LogP contribution in [0.15, 0.2) is 18.2 Å². The normalized spacial score (nSPS) is 12.2. The fourth-order valence-electron chi connectivity index (χ4n) is 0.987. The number of hydrogen-bond acceptors (Lipinski definition) is 3. The van der Waals surface area contributed by atoms with Crippen LogP contribution in [0.25, 0.3) is 0 Å². The van der Waals surface area contributed by atoms with E-state index in [9.17, 15) is 0 Å². The largest absolute Gasteiger partial charge is 0.478 e. The van der Waals surface area contributed by atoms with E-state index >= 15 is 0 Å². The van der Waals surface area contributed by atoms with E-state index in [0.29, 0.717) is 19.0 Å². The molecule has 4 heteroatoms. The molecule has 0 bridgehead atoms. The van der Waals surface area contributed by atoms with Crippen LogP contribution in [-0.2, 0) is 0 Å². The molecule has 3 nitrogen and oxygen atoms in total. The van der Waals surface area contributed by atoms with Gasteiger partial charge in [0.25, 0.3) is 0 Å². The first kappa shape index (κ1) is 11.1. The summed E-state index contributed by atoms with van der Waals surface area (Å²) in [6.07, 6.45) is 0. The van der Waals surface area contributed by atoms with Gasteiger partial charge < -0.3 is 10.1 Å². The Morgan fingerprint density at radius 1 is 1.57 bits per heavy atom. The van der Waals surface area contributed by atoms with Crippen molar-refractivity contribution in [1.29, 1.82) is 0 Å². The summed E-state index contributed by atoms with van der Waals surface area (Å²) in [7, 11) is 0. The monoisotopic (exact) mass is 214 g/mol. The number of pyridine rings is 1. The highest BCUT2D eigenvalue weighted by Gasteiger charge is 1.99. The standard InChI is InChI=1S/C10H15ClN2O/c1-3-14-10-6-4-5-9(13-10)12-7-8(2)11/h4-6,8H,3,7H2,1-2H3,(H,12,13). The highest BCUT2D eigenvalue weighted by molar-refractivity contribution is 6.20. The highest BCUT2D eigenvalue weighted by atomic mass is 35.5. The predicted molar refractivity (Wildman–Crippen MR) is 59.2 cm³/mol. The number of halogens is 1. The molecule has 0 aromatic carbocycles. The van der Waals surface area contributed by atoms with E-state index in [-0.39, 0.29) is 5.38 Å². The number of hydrogen-bond donors (Lipinski definition) is 1. The van der Waals surface area contributed by atoms with E-state index in [1.807, 2.05) is 32.0 Å². The number of nitrogens with one attached hydrogen (secondary N) is 1. The Morgan fingerprint density at radius 3 is 3.00 bits per heavy atom. The minimum absolute atomic E-state index is 0.0903. The Morgan fingerprint density at radius 2 is 2.36 bits per heavy atom. The van der Waals surface area contributed by atoms with E-state index in [0.717, 1.165) is 5.82 Å². The molecule has 1 aromatic heterocycles. The molecule has 1 aromatic rings. The van der Waals surface area contributed by atoms with Crippen molar-refractivity contribution in [3.05, 3.63) is 18.2 Å². The Labute approximate surface area is 89.4 Å². The molecule has 0 saturated carbocycles. The summed E-state index contributed by atoms with van der Waals surface area (Å²) in [6.45, 7) is 5.19. The second-order valence-electron chi connectivity index (χ2n) is 2.96. The van der Waals surface area contributed by atoms with Crippen molar-refractivity contribution >= 4 is 17.4 Å². The third-order valence-corrected chi connectivity index (χ3v) is 1.73. The molecule has 0 saturated heterocycles. The summed E-state index contributed by atoms with van der Waals surface area (Å²) < 4.78 is 5.27. The van der Waals surface area contributed by atoms with Crippen LogP contribution in [0.3, 0.4) is 0 Å². The Kier molecular flexibility index (Phi) is 4.53. The molecule has 0 fully saturated rings. The average molecular weight is 215 g/mol. The number of nitrogens with zero attached hydrogens (tertiary/aromatic N) is 1. The molecular weight excluding hydrogens is 200 g/mol. The van der Waals surface area contributed by atoms with Gasteiger partial charge in [0.05, 0.1) is 6.61 Å². The van der Waals surface area contributed by atoms with Gasteiger partial charge in [0.2, 0.25) is 5.88 Å². The van der Waals surface area contributed by atoms with Gasteiger partial charge in [0, 0.05) is 18.0 Å². The van der Waals surface area contributed by atoms with Crippen LogP contribution in [-0.4, -0.2) is 23.5 Å². The molecule has 0 aliphatic rings. The SMILES string of the molecule is CCOc1cccc(NCC(C)Cl)n1. The summed E-state index contributed by atoms with van der Waals surface area (Å²) >= 11 is 5.81. The number of anilines is 1. The zero-order chi connectivity index (χ0) is 10.4. The molecule has 78 valence electrons. The summed E-state index contributed by atoms with van der Waals surface area (Å²) in [4.78, 5) is 4.24. The van der Waals surface area contributed by atoms with Gasteiger partial charge in [-0.05, 0) is 19.9 Å². The second-order valence-corrected chi connectivity index (χ2v) is 3.70. The molecular formula is C10H15ClN2O. The quantitative estimate of drug-likeness (QED) is 0.765. The Balaban J connectivity index is 2.54. The van der Waals surface area contributed by atoms with Crippen molar-refractivity contribution in [1.82, 2.24) is 4.98 Å². The molecule has 0 amide bonds. The van der Waals surface area contributed by atoms with Gasteiger partial charge in [-0.1, -0.05) is 6.07 Å². The lowest BCUT2D eigenvalue weighted by molar-refractivity contribution is 0.327. The first-order chi connectivity index (χ1) is 6.72. The fraction of sp³-hybridized carbons (Fsp3) is 0.500. The van der Waals surface area contributed by atoms with Crippen LogP contribution in [0.2, 0.25) is 0 Å². The van der Waals surface area contributed by atoms with Crippen molar-refractivity contribution in [2.75, 3.05) is 18.5 Å². The van der Waals surface area contributed by atoms with Crippen LogP contribution in [0, 0.1) is 0 Å². The van der Waals surface area contributed by atoms with Crippen LogP contribution in [0.5, 0.6) is 5.88 Å². The summed E-state index contributed by atoms with van der Waals surface area (Å²) in [5.41, 5.74) is 0. The first-order valence-electron chi connectivity index (χ1n) is 4.70. The molecule has 1 atom stereocenters. The van der Waals surface area contributed by atoms with Crippen molar-refractivity contribution in [3.63, 3.8) is 0 Å². The maximum Gasteiger partial charge on any atom is 0.215 e. The van der Waals surface area contributed by atoms with E-state index in [1.54, 1.807) is 0 Å². The van der Waals surface area contributed by atoms with E-state index in [1.165, 1.54) is 0 Å². The second kappa shape index (κ2) is 5.70. The predicted octanol–water partition coefficient (Wildman–Crippen LogP) is 2.52. The highest BCUT2D eigenvalue weighted by Crippen LogP contribution is 2.11. The third kappa shape index (κ3) is 3.83. The van der Waals surface area contributed by atoms with Crippen LogP contribution in [0.4, 0.5) is 5.82 Å². The molecule has 1 N–H and O–H groups in total. The lowest BCUT2D eigenvalue weighted by atomic mass is 10.4. The molecule has 1 rings (SSSR count). The van der Waals surface area contributed by atoms with Gasteiger partial charge >= 0.3 is 0 Å². The van der Waals surface area contributed by atoms with E-state index in [2.05, 4.69) is 10.3 Å². The van der Waals surface area contributed by atoms with E-state index in [4.69, 9.17) is 16.3 Å². The van der Waals surface area contributed by atoms with E-state index < -0.39 is 0 Å².